The van der Waals surface area contributed by atoms with E-state index in [0.29, 0.717) is 10.4 Å². The molecule has 1 saturated carbocycles. The van der Waals surface area contributed by atoms with Crippen molar-refractivity contribution in [1.82, 2.24) is 4.72 Å². The molecule has 0 saturated heterocycles. The van der Waals surface area contributed by atoms with Gasteiger partial charge in [0.05, 0.1) is 5.02 Å². The first kappa shape index (κ1) is 21.0. The van der Waals surface area contributed by atoms with E-state index in [1.165, 1.54) is 24.3 Å². The molecule has 0 radical (unpaired) electrons. The van der Waals surface area contributed by atoms with Crippen molar-refractivity contribution in [2.45, 2.75) is 28.5 Å². The first-order chi connectivity index (χ1) is 14.1. The lowest BCUT2D eigenvalue weighted by Gasteiger charge is -2.20. The Hall–Kier alpha value is -2.26. The van der Waals surface area contributed by atoms with Crippen LogP contribution in [0.5, 0.6) is 0 Å². The highest BCUT2D eigenvalue weighted by molar-refractivity contribution is 7.91. The number of carbonyl (C=O) groups is 1. The highest BCUT2D eigenvalue weighted by Crippen LogP contribution is 2.58. The molecule has 0 spiro atoms. The van der Waals surface area contributed by atoms with E-state index in [-0.39, 0.29) is 15.7 Å². The molecule has 2 N–H and O–H groups in total. The Morgan fingerprint density at radius 3 is 2.50 bits per heavy atom. The minimum absolute atomic E-state index is 0.0270. The second-order valence-electron chi connectivity index (χ2n) is 7.44. The number of carboxylic acids is 1. The quantitative estimate of drug-likeness (QED) is 0.554. The monoisotopic (exact) mass is 465 g/mol. The maximum absolute atomic E-state index is 13.4. The maximum Gasteiger partial charge on any atom is 0.325 e. The molecule has 0 unspecified atom stereocenters. The van der Waals surface area contributed by atoms with Crippen LogP contribution < -0.4 is 4.72 Å². The fraction of sp³-hybridized carbons (Fsp3) is 0.190. The van der Waals surface area contributed by atoms with Gasteiger partial charge in [0.1, 0.15) is 15.6 Å². The van der Waals surface area contributed by atoms with Crippen LogP contribution in [0.3, 0.4) is 0 Å². The van der Waals surface area contributed by atoms with Crippen LogP contribution in [0.2, 0.25) is 5.02 Å². The lowest BCUT2D eigenvalue weighted by molar-refractivity contribution is -0.140. The molecule has 9 heteroatoms. The molecule has 3 aromatic rings. The number of sulfonamides is 1. The van der Waals surface area contributed by atoms with Crippen molar-refractivity contribution >= 4 is 38.9 Å². The predicted octanol–water partition coefficient (Wildman–Crippen LogP) is 4.67. The van der Waals surface area contributed by atoms with Crippen molar-refractivity contribution in [3.05, 3.63) is 77.1 Å². The minimum atomic E-state index is -4.10. The summed E-state index contributed by atoms with van der Waals surface area (Å²) in [6.07, 6.45) is 0.143. The SMILES string of the molecule is C[C@]1(c2ccccc2)C[C@@]1(NS(=O)(=O)c1ccc(-c2ccc(F)c(Cl)c2)s1)C(=O)O. The fourth-order valence-corrected chi connectivity index (χ4v) is 6.63. The molecule has 0 bridgehead atoms. The van der Waals surface area contributed by atoms with Crippen LogP contribution in [0.25, 0.3) is 10.4 Å². The predicted molar refractivity (Wildman–Crippen MR) is 114 cm³/mol. The summed E-state index contributed by atoms with van der Waals surface area (Å²) in [5, 5.41) is 9.81. The summed E-state index contributed by atoms with van der Waals surface area (Å²) >= 11 is 6.77. The van der Waals surface area contributed by atoms with Gasteiger partial charge >= 0.3 is 5.97 Å². The number of hydrogen-bond donors (Lipinski definition) is 2. The van der Waals surface area contributed by atoms with Gasteiger partial charge in [-0.2, -0.15) is 4.72 Å². The van der Waals surface area contributed by atoms with Gasteiger partial charge in [-0.3, -0.25) is 4.79 Å². The Bertz CT molecular complexity index is 1240. The van der Waals surface area contributed by atoms with E-state index in [1.54, 1.807) is 37.3 Å². The van der Waals surface area contributed by atoms with Gasteiger partial charge in [-0.15, -0.1) is 11.3 Å². The molecule has 2 atom stereocenters. The highest BCUT2D eigenvalue weighted by atomic mass is 35.5. The molecule has 156 valence electrons. The molecule has 1 heterocycles. The zero-order valence-corrected chi connectivity index (χ0v) is 18.1. The molecule has 0 amide bonds. The topological polar surface area (TPSA) is 83.5 Å². The molecule has 2 aromatic carbocycles. The highest BCUT2D eigenvalue weighted by Gasteiger charge is 2.72. The van der Waals surface area contributed by atoms with E-state index in [4.69, 9.17) is 11.6 Å². The summed E-state index contributed by atoms with van der Waals surface area (Å²) in [6, 6.07) is 16.1. The van der Waals surface area contributed by atoms with E-state index in [2.05, 4.69) is 4.72 Å². The average molecular weight is 466 g/mol. The molecule has 5 nitrogen and oxygen atoms in total. The molecule has 0 aliphatic heterocycles. The smallest absolute Gasteiger partial charge is 0.325 e. The molecule has 1 aromatic heterocycles. The van der Waals surface area contributed by atoms with Gasteiger partial charge in [0.25, 0.3) is 10.0 Å². The largest absolute Gasteiger partial charge is 0.480 e. The van der Waals surface area contributed by atoms with E-state index in [1.807, 2.05) is 6.07 Å². The number of thiophene rings is 1. The summed E-state index contributed by atoms with van der Waals surface area (Å²) in [5.41, 5.74) is -1.17. The third kappa shape index (κ3) is 3.33. The third-order valence-corrected chi connectivity index (χ3v) is 8.98. The van der Waals surface area contributed by atoms with E-state index >= 15 is 0 Å². The van der Waals surface area contributed by atoms with Crippen molar-refractivity contribution in [2.24, 2.45) is 0 Å². The van der Waals surface area contributed by atoms with Gasteiger partial charge in [-0.25, -0.2) is 12.8 Å². The average Bonchev–Trinajstić information content (AvgIpc) is 3.07. The second-order valence-corrected chi connectivity index (χ2v) is 10.8. The second kappa shape index (κ2) is 7.16. The number of aliphatic carboxylic acids is 1. The Labute approximate surface area is 182 Å². The normalized spacial score (nSPS) is 23.3. The first-order valence-corrected chi connectivity index (χ1v) is 11.6. The van der Waals surface area contributed by atoms with Crippen molar-refractivity contribution in [2.75, 3.05) is 0 Å². The van der Waals surface area contributed by atoms with Gasteiger partial charge in [-0.1, -0.05) is 54.9 Å². The zero-order valence-electron chi connectivity index (χ0n) is 15.7. The standard InChI is InChI=1S/C21H17ClFNO4S2/c1-20(14-5-3-2-4-6-14)12-21(20,19(25)26)24-30(27,28)18-10-9-17(29-18)13-7-8-16(23)15(22)11-13/h2-11,24H,12H2,1H3,(H,25,26)/t20-,21-/m1/s1. The number of carboxylic acid groups (broad SMARTS) is 1. The van der Waals surface area contributed by atoms with Crippen LogP contribution in [-0.2, 0) is 20.2 Å². The van der Waals surface area contributed by atoms with Crippen LogP contribution in [0, 0.1) is 5.82 Å². The minimum Gasteiger partial charge on any atom is -0.480 e. The Morgan fingerprint density at radius 2 is 1.87 bits per heavy atom. The molecule has 30 heavy (non-hydrogen) atoms. The van der Waals surface area contributed by atoms with Crippen LogP contribution in [0.1, 0.15) is 18.9 Å². The zero-order chi connectivity index (χ0) is 21.7. The lowest BCUT2D eigenvalue weighted by Crippen LogP contribution is -2.47. The number of halogens is 2. The molecule has 1 aliphatic rings. The summed E-state index contributed by atoms with van der Waals surface area (Å²) in [5.74, 6) is -1.79. The first-order valence-electron chi connectivity index (χ1n) is 8.97. The van der Waals surface area contributed by atoms with Crippen molar-refractivity contribution in [1.29, 1.82) is 0 Å². The molecular weight excluding hydrogens is 449 g/mol. The molecule has 1 aliphatic carbocycles. The van der Waals surface area contributed by atoms with Gasteiger partial charge in [0.15, 0.2) is 0 Å². The van der Waals surface area contributed by atoms with E-state index < -0.39 is 32.8 Å². The summed E-state index contributed by atoms with van der Waals surface area (Å²) in [7, 11) is -4.10. The molecular formula is C21H17ClFNO4S2. The molecule has 4 rings (SSSR count). The maximum atomic E-state index is 13.4. The van der Waals surface area contributed by atoms with Crippen LogP contribution >= 0.6 is 22.9 Å². The van der Waals surface area contributed by atoms with Gasteiger partial charge in [0, 0.05) is 10.3 Å². The summed E-state index contributed by atoms with van der Waals surface area (Å²) in [4.78, 5) is 12.7. The van der Waals surface area contributed by atoms with Gasteiger partial charge in [0.2, 0.25) is 0 Å². The Kier molecular flexibility index (Phi) is 5.01. The number of rotatable bonds is 6. The van der Waals surface area contributed by atoms with Crippen molar-refractivity contribution in [3.8, 4) is 10.4 Å². The summed E-state index contributed by atoms with van der Waals surface area (Å²) in [6.45, 7) is 1.74. The molecule has 1 fully saturated rings. The summed E-state index contributed by atoms with van der Waals surface area (Å²) < 4.78 is 41.9. The van der Waals surface area contributed by atoms with Gasteiger partial charge < -0.3 is 5.11 Å². The lowest BCUT2D eigenvalue weighted by atomic mass is 9.93. The van der Waals surface area contributed by atoms with Crippen LogP contribution in [0.4, 0.5) is 4.39 Å². The van der Waals surface area contributed by atoms with Crippen LogP contribution in [0.15, 0.2) is 64.9 Å². The number of benzene rings is 2. The van der Waals surface area contributed by atoms with Crippen LogP contribution in [-0.4, -0.2) is 25.0 Å². The fourth-order valence-electron chi connectivity index (χ4n) is 3.69. The van der Waals surface area contributed by atoms with Gasteiger partial charge in [-0.05, 0) is 41.8 Å². The third-order valence-electron chi connectivity index (χ3n) is 5.57. The van der Waals surface area contributed by atoms with E-state index in [9.17, 15) is 22.7 Å². The van der Waals surface area contributed by atoms with Crippen molar-refractivity contribution in [3.63, 3.8) is 0 Å². The van der Waals surface area contributed by atoms with Crippen molar-refractivity contribution < 1.29 is 22.7 Å². The van der Waals surface area contributed by atoms with E-state index in [0.717, 1.165) is 16.9 Å². The number of nitrogens with one attached hydrogen (secondary N) is 1. The Morgan fingerprint density at radius 1 is 1.17 bits per heavy atom. The Balaban J connectivity index is 1.65. The number of hydrogen-bond acceptors (Lipinski definition) is 4.